The van der Waals surface area contributed by atoms with Gasteiger partial charge in [0.05, 0.1) is 24.4 Å². The second-order valence-electron chi connectivity index (χ2n) is 4.87. The van der Waals surface area contributed by atoms with Crippen molar-refractivity contribution in [3.63, 3.8) is 0 Å². The summed E-state index contributed by atoms with van der Waals surface area (Å²) in [5, 5.41) is 4.87. The number of nitrogens with one attached hydrogen (secondary N) is 1. The Hall–Kier alpha value is -1.66. The number of amides is 1. The van der Waals surface area contributed by atoms with Gasteiger partial charge in [-0.2, -0.15) is 0 Å². The molecule has 0 saturated heterocycles. The van der Waals surface area contributed by atoms with Crippen LogP contribution < -0.4 is 5.32 Å². The van der Waals surface area contributed by atoms with Crippen LogP contribution in [0.15, 0.2) is 23.6 Å². The molecule has 2 rings (SSSR count). The predicted molar refractivity (Wildman–Crippen MR) is 89.6 cm³/mol. The van der Waals surface area contributed by atoms with E-state index in [0.717, 1.165) is 16.2 Å². The summed E-state index contributed by atoms with van der Waals surface area (Å²) in [6.07, 6.45) is 1.04. The Kier molecular flexibility index (Phi) is 5.74. The van der Waals surface area contributed by atoms with Gasteiger partial charge in [0.15, 0.2) is 0 Å². The third-order valence-electron chi connectivity index (χ3n) is 3.42. The van der Waals surface area contributed by atoms with E-state index in [-0.39, 0.29) is 24.3 Å². The van der Waals surface area contributed by atoms with Crippen molar-refractivity contribution < 1.29 is 14.3 Å². The summed E-state index contributed by atoms with van der Waals surface area (Å²) >= 11 is 3.00. The molecule has 1 amide bonds. The molecule has 0 aliphatic rings. The largest absolute Gasteiger partial charge is 0.469 e. The lowest BCUT2D eigenvalue weighted by molar-refractivity contribution is -0.141. The first-order chi connectivity index (χ1) is 10.5. The molecule has 22 heavy (non-hydrogen) atoms. The van der Waals surface area contributed by atoms with Crippen molar-refractivity contribution in [1.29, 1.82) is 0 Å². The third-order valence-corrected chi connectivity index (χ3v) is 5.49. The van der Waals surface area contributed by atoms with E-state index in [0.29, 0.717) is 4.88 Å². The number of thiophene rings is 2. The van der Waals surface area contributed by atoms with Crippen LogP contribution in [0.25, 0.3) is 0 Å². The quantitative estimate of drug-likeness (QED) is 0.818. The summed E-state index contributed by atoms with van der Waals surface area (Å²) in [7, 11) is 1.35. The standard InChI is InChI=1S/C16H19NO3S2/c1-4-11-8-14(22-10(11)2)16(19)17-12(9-15(18)20-3)13-6-5-7-21-13/h5-8,12H,4,9H2,1-3H3,(H,17,19). The fraction of sp³-hybridized carbons (Fsp3) is 0.375. The summed E-state index contributed by atoms with van der Waals surface area (Å²) < 4.78 is 4.72. The van der Waals surface area contributed by atoms with Crippen molar-refractivity contribution in [3.05, 3.63) is 43.8 Å². The van der Waals surface area contributed by atoms with E-state index < -0.39 is 0 Å². The summed E-state index contributed by atoms with van der Waals surface area (Å²) in [6, 6.07) is 5.39. The van der Waals surface area contributed by atoms with Crippen LogP contribution in [0.2, 0.25) is 0 Å². The molecule has 1 atom stereocenters. The molecule has 4 nitrogen and oxygen atoms in total. The monoisotopic (exact) mass is 337 g/mol. The fourth-order valence-electron chi connectivity index (χ4n) is 2.17. The van der Waals surface area contributed by atoms with Crippen molar-refractivity contribution in [2.75, 3.05) is 7.11 Å². The Morgan fingerprint density at radius 3 is 2.73 bits per heavy atom. The van der Waals surface area contributed by atoms with Crippen LogP contribution >= 0.6 is 22.7 Å². The predicted octanol–water partition coefficient (Wildman–Crippen LogP) is 3.71. The van der Waals surface area contributed by atoms with E-state index in [4.69, 9.17) is 4.74 Å². The van der Waals surface area contributed by atoms with Crippen LogP contribution in [-0.4, -0.2) is 19.0 Å². The van der Waals surface area contributed by atoms with Gasteiger partial charge in [0.2, 0.25) is 0 Å². The number of rotatable bonds is 6. The number of hydrogen-bond donors (Lipinski definition) is 1. The molecule has 6 heteroatoms. The molecule has 0 aliphatic heterocycles. The van der Waals surface area contributed by atoms with E-state index in [1.165, 1.54) is 35.3 Å². The minimum atomic E-state index is -0.354. The van der Waals surface area contributed by atoms with Crippen molar-refractivity contribution >= 4 is 34.6 Å². The summed E-state index contributed by atoms with van der Waals surface area (Å²) in [5.74, 6) is -0.481. The number of methoxy groups -OCH3 is 1. The SMILES string of the molecule is CCc1cc(C(=O)NC(CC(=O)OC)c2cccs2)sc1C. The van der Waals surface area contributed by atoms with Gasteiger partial charge in [-0.1, -0.05) is 13.0 Å². The number of ether oxygens (including phenoxy) is 1. The van der Waals surface area contributed by atoms with Crippen LogP contribution in [0.1, 0.15) is 44.4 Å². The van der Waals surface area contributed by atoms with E-state index in [2.05, 4.69) is 12.2 Å². The zero-order valence-electron chi connectivity index (χ0n) is 12.8. The van der Waals surface area contributed by atoms with E-state index in [1.807, 2.05) is 30.5 Å². The van der Waals surface area contributed by atoms with Gasteiger partial charge in [0.25, 0.3) is 5.91 Å². The molecule has 0 radical (unpaired) electrons. The minimum Gasteiger partial charge on any atom is -0.469 e. The van der Waals surface area contributed by atoms with Crippen molar-refractivity contribution in [3.8, 4) is 0 Å². The number of esters is 1. The molecule has 0 spiro atoms. The number of hydrogen-bond acceptors (Lipinski definition) is 5. The molecule has 2 aromatic heterocycles. The maximum atomic E-state index is 12.5. The highest BCUT2D eigenvalue weighted by molar-refractivity contribution is 7.14. The molecule has 1 unspecified atom stereocenters. The van der Waals surface area contributed by atoms with Gasteiger partial charge in [0, 0.05) is 9.75 Å². The van der Waals surface area contributed by atoms with E-state index in [9.17, 15) is 9.59 Å². The number of carbonyl (C=O) groups is 2. The topological polar surface area (TPSA) is 55.4 Å². The highest BCUT2D eigenvalue weighted by Gasteiger charge is 2.21. The second-order valence-corrected chi connectivity index (χ2v) is 7.10. The maximum absolute atomic E-state index is 12.5. The molecule has 0 saturated carbocycles. The lowest BCUT2D eigenvalue weighted by Crippen LogP contribution is -2.29. The molecule has 2 heterocycles. The molecular weight excluding hydrogens is 318 g/mol. The molecule has 2 aromatic rings. The molecule has 0 fully saturated rings. The summed E-state index contributed by atoms with van der Waals surface area (Å²) in [4.78, 5) is 26.8. The first kappa shape index (κ1) is 16.7. The molecule has 118 valence electrons. The van der Waals surface area contributed by atoms with Crippen LogP contribution in [0.4, 0.5) is 0 Å². The smallest absolute Gasteiger partial charge is 0.307 e. The maximum Gasteiger partial charge on any atom is 0.307 e. The minimum absolute atomic E-state index is 0.133. The number of aryl methyl sites for hydroxylation is 2. The first-order valence-corrected chi connectivity index (χ1v) is 8.75. The van der Waals surface area contributed by atoms with Gasteiger partial charge >= 0.3 is 5.97 Å². The van der Waals surface area contributed by atoms with Gasteiger partial charge < -0.3 is 10.1 Å². The second kappa shape index (κ2) is 7.56. The number of carbonyl (C=O) groups excluding carboxylic acids is 2. The van der Waals surface area contributed by atoms with Crippen LogP contribution in [0.3, 0.4) is 0 Å². The van der Waals surface area contributed by atoms with Crippen molar-refractivity contribution in [2.24, 2.45) is 0 Å². The lowest BCUT2D eigenvalue weighted by atomic mass is 10.1. The highest BCUT2D eigenvalue weighted by atomic mass is 32.1. The Bertz CT molecular complexity index is 646. The highest BCUT2D eigenvalue weighted by Crippen LogP contribution is 2.26. The molecule has 1 N–H and O–H groups in total. The molecule has 0 aromatic carbocycles. The van der Waals surface area contributed by atoms with Gasteiger partial charge in [-0.3, -0.25) is 9.59 Å². The van der Waals surface area contributed by atoms with Gasteiger partial charge in [0.1, 0.15) is 0 Å². The van der Waals surface area contributed by atoms with E-state index >= 15 is 0 Å². The molecule has 0 bridgehead atoms. The van der Waals surface area contributed by atoms with Gasteiger partial charge in [-0.15, -0.1) is 22.7 Å². The average Bonchev–Trinajstić information content (AvgIpc) is 3.15. The summed E-state index contributed by atoms with van der Waals surface area (Å²) in [6.45, 7) is 4.09. The zero-order valence-corrected chi connectivity index (χ0v) is 14.5. The summed E-state index contributed by atoms with van der Waals surface area (Å²) in [5.41, 5.74) is 1.19. The van der Waals surface area contributed by atoms with Crippen LogP contribution in [-0.2, 0) is 16.0 Å². The Morgan fingerprint density at radius 1 is 1.41 bits per heavy atom. The molecular formula is C16H19NO3S2. The van der Waals surface area contributed by atoms with Crippen LogP contribution in [0, 0.1) is 6.92 Å². The molecule has 0 aliphatic carbocycles. The third kappa shape index (κ3) is 3.96. The van der Waals surface area contributed by atoms with Gasteiger partial charge in [-0.05, 0) is 36.4 Å². The van der Waals surface area contributed by atoms with Crippen molar-refractivity contribution in [2.45, 2.75) is 32.7 Å². The van der Waals surface area contributed by atoms with Gasteiger partial charge in [-0.25, -0.2) is 0 Å². The fourth-order valence-corrected chi connectivity index (χ4v) is 3.97. The Balaban J connectivity index is 2.15. The van der Waals surface area contributed by atoms with Crippen LogP contribution in [0.5, 0.6) is 0 Å². The zero-order chi connectivity index (χ0) is 16.1. The average molecular weight is 337 g/mol. The Morgan fingerprint density at radius 2 is 2.18 bits per heavy atom. The van der Waals surface area contributed by atoms with Crippen molar-refractivity contribution in [1.82, 2.24) is 5.32 Å². The Labute approximate surface area is 138 Å². The lowest BCUT2D eigenvalue weighted by Gasteiger charge is -2.15. The first-order valence-electron chi connectivity index (χ1n) is 7.05. The normalized spacial score (nSPS) is 12.0. The van der Waals surface area contributed by atoms with E-state index in [1.54, 1.807) is 0 Å².